The molecule has 0 spiro atoms. The molecule has 22 heavy (non-hydrogen) atoms. The van der Waals surface area contributed by atoms with E-state index in [4.69, 9.17) is 4.74 Å². The fraction of sp³-hybridized carbons (Fsp3) is 0.188. The largest absolute Gasteiger partial charge is 0.497 e. The summed E-state index contributed by atoms with van der Waals surface area (Å²) in [7, 11) is 1.56. The number of carbonyl (C=O) groups excluding carboxylic acids is 1. The lowest BCUT2D eigenvalue weighted by Crippen LogP contribution is -2.34. The zero-order valence-electron chi connectivity index (χ0n) is 12.0. The Labute approximate surface area is 127 Å². The maximum Gasteiger partial charge on any atom is 0.319 e. The first-order valence-electron chi connectivity index (χ1n) is 6.70. The molecule has 0 saturated carbocycles. The number of hydrogen-bond donors (Lipinski definition) is 3. The average Bonchev–Trinajstić information content (AvgIpc) is 2.53. The molecule has 0 aliphatic heterocycles. The molecule has 6 heteroatoms. The van der Waals surface area contributed by atoms with E-state index in [9.17, 15) is 14.3 Å². The summed E-state index contributed by atoms with van der Waals surface area (Å²) in [5.41, 5.74) is 1.07. The van der Waals surface area contributed by atoms with Gasteiger partial charge in [0.05, 0.1) is 19.8 Å². The molecular weight excluding hydrogens is 287 g/mol. The van der Waals surface area contributed by atoms with Crippen molar-refractivity contribution in [1.29, 1.82) is 0 Å². The minimum atomic E-state index is -0.570. The van der Waals surface area contributed by atoms with E-state index >= 15 is 0 Å². The second-order valence-electron chi connectivity index (χ2n) is 4.62. The quantitative estimate of drug-likeness (QED) is 0.795. The van der Waals surface area contributed by atoms with E-state index in [1.165, 1.54) is 18.2 Å². The highest BCUT2D eigenvalue weighted by molar-refractivity contribution is 5.89. The molecule has 0 saturated heterocycles. The summed E-state index contributed by atoms with van der Waals surface area (Å²) in [6, 6.07) is 11.5. The number of nitrogens with one attached hydrogen (secondary N) is 2. The van der Waals surface area contributed by atoms with Crippen molar-refractivity contribution < 1.29 is 19.0 Å². The van der Waals surface area contributed by atoms with Crippen LogP contribution in [-0.4, -0.2) is 24.9 Å². The van der Waals surface area contributed by atoms with Crippen molar-refractivity contribution in [3.05, 3.63) is 59.9 Å². The third-order valence-corrected chi connectivity index (χ3v) is 3.09. The minimum Gasteiger partial charge on any atom is -0.497 e. The van der Waals surface area contributed by atoms with Gasteiger partial charge in [-0.05, 0) is 35.9 Å². The topological polar surface area (TPSA) is 70.6 Å². The zero-order valence-corrected chi connectivity index (χ0v) is 12.0. The van der Waals surface area contributed by atoms with Crippen LogP contribution in [0.15, 0.2) is 48.5 Å². The Morgan fingerprint density at radius 3 is 2.59 bits per heavy atom. The second kappa shape index (κ2) is 7.42. The standard InChI is InChI=1S/C16H17FN2O3/c1-22-14-7-5-11(6-8-14)15(10-20)19-16(21)18-13-4-2-3-12(17)9-13/h2-9,15,20H,10H2,1H3,(H2,18,19,21)/t15-/m1/s1. The van der Waals surface area contributed by atoms with E-state index in [-0.39, 0.29) is 6.61 Å². The highest BCUT2D eigenvalue weighted by Gasteiger charge is 2.14. The molecule has 2 amide bonds. The number of aliphatic hydroxyl groups is 1. The molecule has 0 aliphatic rings. The van der Waals surface area contributed by atoms with Crippen molar-refractivity contribution in [2.75, 3.05) is 19.0 Å². The summed E-state index contributed by atoms with van der Waals surface area (Å²) in [6.07, 6.45) is 0. The summed E-state index contributed by atoms with van der Waals surface area (Å²) in [4.78, 5) is 11.9. The van der Waals surface area contributed by atoms with Gasteiger partial charge in [0, 0.05) is 5.69 Å². The second-order valence-corrected chi connectivity index (χ2v) is 4.62. The van der Waals surface area contributed by atoms with Crippen molar-refractivity contribution in [2.45, 2.75) is 6.04 Å². The van der Waals surface area contributed by atoms with Crippen LogP contribution >= 0.6 is 0 Å². The smallest absolute Gasteiger partial charge is 0.319 e. The number of halogens is 1. The number of aliphatic hydroxyl groups excluding tert-OH is 1. The molecule has 2 aromatic rings. The molecule has 0 radical (unpaired) electrons. The molecule has 3 N–H and O–H groups in total. The number of rotatable bonds is 5. The molecule has 1 atom stereocenters. The Balaban J connectivity index is 2.01. The molecule has 0 aromatic heterocycles. The van der Waals surface area contributed by atoms with Gasteiger partial charge < -0.3 is 20.5 Å². The maximum absolute atomic E-state index is 13.1. The number of ether oxygens (including phenoxy) is 1. The molecule has 2 aromatic carbocycles. The molecule has 0 heterocycles. The van der Waals surface area contributed by atoms with Gasteiger partial charge in [0.25, 0.3) is 0 Å². The first-order valence-corrected chi connectivity index (χ1v) is 6.70. The van der Waals surface area contributed by atoms with Crippen LogP contribution in [0.1, 0.15) is 11.6 Å². The van der Waals surface area contributed by atoms with Crippen molar-refractivity contribution in [1.82, 2.24) is 5.32 Å². The van der Waals surface area contributed by atoms with E-state index in [1.807, 2.05) is 0 Å². The van der Waals surface area contributed by atoms with Crippen LogP contribution in [0, 0.1) is 5.82 Å². The van der Waals surface area contributed by atoms with E-state index < -0.39 is 17.9 Å². The SMILES string of the molecule is COc1ccc([C@@H](CO)NC(=O)Nc2cccc(F)c2)cc1. The lowest BCUT2D eigenvalue weighted by Gasteiger charge is -2.17. The molecule has 0 unspecified atom stereocenters. The van der Waals surface area contributed by atoms with E-state index in [2.05, 4.69) is 10.6 Å². The number of anilines is 1. The Bertz CT molecular complexity index is 632. The Morgan fingerprint density at radius 1 is 1.27 bits per heavy atom. The predicted octanol–water partition coefficient (Wildman–Crippen LogP) is 2.69. The van der Waals surface area contributed by atoms with E-state index in [0.29, 0.717) is 11.4 Å². The third kappa shape index (κ3) is 4.20. The lowest BCUT2D eigenvalue weighted by atomic mass is 10.1. The van der Waals surface area contributed by atoms with Crippen LogP contribution in [0.4, 0.5) is 14.9 Å². The monoisotopic (exact) mass is 304 g/mol. The highest BCUT2D eigenvalue weighted by atomic mass is 19.1. The Hall–Kier alpha value is -2.60. The number of urea groups is 1. The van der Waals surface area contributed by atoms with Gasteiger partial charge in [0.2, 0.25) is 0 Å². The van der Waals surface area contributed by atoms with Gasteiger partial charge in [0.15, 0.2) is 0 Å². The lowest BCUT2D eigenvalue weighted by molar-refractivity contribution is 0.225. The van der Waals surface area contributed by atoms with E-state index in [0.717, 1.165) is 5.56 Å². The van der Waals surface area contributed by atoms with Crippen molar-refractivity contribution >= 4 is 11.7 Å². The van der Waals surface area contributed by atoms with Gasteiger partial charge in [-0.2, -0.15) is 0 Å². The number of amides is 2. The van der Waals surface area contributed by atoms with Gasteiger partial charge in [-0.25, -0.2) is 9.18 Å². The molecule has 5 nitrogen and oxygen atoms in total. The summed E-state index contributed by atoms with van der Waals surface area (Å²) >= 11 is 0. The first-order chi connectivity index (χ1) is 10.6. The number of carbonyl (C=O) groups is 1. The van der Waals surface area contributed by atoms with Crippen molar-refractivity contribution in [2.24, 2.45) is 0 Å². The van der Waals surface area contributed by atoms with Crippen molar-refractivity contribution in [3.63, 3.8) is 0 Å². The predicted molar refractivity (Wildman–Crippen MR) is 81.4 cm³/mol. The van der Waals surface area contributed by atoms with Gasteiger partial charge >= 0.3 is 6.03 Å². The van der Waals surface area contributed by atoms with Crippen LogP contribution in [0.3, 0.4) is 0 Å². The fourth-order valence-corrected chi connectivity index (χ4v) is 1.96. The summed E-state index contributed by atoms with van der Waals surface area (Å²) in [5, 5.41) is 14.6. The molecule has 0 aliphatic carbocycles. The summed E-state index contributed by atoms with van der Waals surface area (Å²) in [6.45, 7) is -0.261. The van der Waals surface area contributed by atoms with Gasteiger partial charge in [-0.15, -0.1) is 0 Å². The Morgan fingerprint density at radius 2 is 2.00 bits per heavy atom. The molecule has 0 fully saturated rings. The third-order valence-electron chi connectivity index (χ3n) is 3.09. The fourth-order valence-electron chi connectivity index (χ4n) is 1.96. The average molecular weight is 304 g/mol. The van der Waals surface area contributed by atoms with E-state index in [1.54, 1.807) is 37.4 Å². The maximum atomic E-state index is 13.1. The van der Waals surface area contributed by atoms with Crippen LogP contribution in [-0.2, 0) is 0 Å². The van der Waals surface area contributed by atoms with Crippen molar-refractivity contribution in [3.8, 4) is 5.75 Å². The van der Waals surface area contributed by atoms with Crippen LogP contribution in [0.5, 0.6) is 5.75 Å². The highest BCUT2D eigenvalue weighted by Crippen LogP contribution is 2.17. The van der Waals surface area contributed by atoms with Crippen LogP contribution in [0.2, 0.25) is 0 Å². The summed E-state index contributed by atoms with van der Waals surface area (Å²) < 4.78 is 18.1. The normalized spacial score (nSPS) is 11.6. The molecular formula is C16H17FN2O3. The summed E-state index contributed by atoms with van der Waals surface area (Å²) in [5.74, 6) is 0.247. The first kappa shape index (κ1) is 15.8. The molecule has 2 rings (SSSR count). The molecule has 0 bridgehead atoms. The molecule has 116 valence electrons. The van der Waals surface area contributed by atoms with Gasteiger partial charge in [0.1, 0.15) is 11.6 Å². The van der Waals surface area contributed by atoms with Gasteiger partial charge in [-0.3, -0.25) is 0 Å². The zero-order chi connectivity index (χ0) is 15.9. The Kier molecular flexibility index (Phi) is 5.32. The number of benzene rings is 2. The van der Waals surface area contributed by atoms with Gasteiger partial charge in [-0.1, -0.05) is 18.2 Å². The number of hydrogen-bond acceptors (Lipinski definition) is 3. The van der Waals surface area contributed by atoms with Crippen LogP contribution < -0.4 is 15.4 Å². The van der Waals surface area contributed by atoms with Crippen LogP contribution in [0.25, 0.3) is 0 Å². The minimum absolute atomic E-state index is 0.261. The number of methoxy groups -OCH3 is 1.